The SMILES string of the molecule is Cc1ccnc2nc(C(=O)Nc3ccc(Cl)cc3C(=O)N3CCCC3)nn12. The molecule has 2 aromatic heterocycles. The van der Waals surface area contributed by atoms with Crippen LogP contribution < -0.4 is 5.32 Å². The van der Waals surface area contributed by atoms with Crippen LogP contribution in [0, 0.1) is 6.92 Å². The molecule has 0 atom stereocenters. The van der Waals surface area contributed by atoms with Crippen LogP contribution in [0.3, 0.4) is 0 Å². The number of nitrogens with zero attached hydrogens (tertiary/aromatic N) is 5. The van der Waals surface area contributed by atoms with Crippen LogP contribution in [-0.2, 0) is 0 Å². The molecule has 1 fully saturated rings. The second kappa shape index (κ2) is 6.96. The number of halogens is 1. The van der Waals surface area contributed by atoms with Gasteiger partial charge in [-0.25, -0.2) is 9.50 Å². The van der Waals surface area contributed by atoms with Gasteiger partial charge in [0, 0.05) is 30.0 Å². The first-order chi connectivity index (χ1) is 13.0. The highest BCUT2D eigenvalue weighted by molar-refractivity contribution is 6.31. The third-order valence-electron chi connectivity index (χ3n) is 4.49. The summed E-state index contributed by atoms with van der Waals surface area (Å²) in [5.74, 6) is -0.348. The molecule has 0 bridgehead atoms. The molecule has 27 heavy (non-hydrogen) atoms. The van der Waals surface area contributed by atoms with Crippen LogP contribution in [0.1, 0.15) is 39.5 Å². The van der Waals surface area contributed by atoms with Crippen molar-refractivity contribution in [3.05, 3.63) is 52.6 Å². The first kappa shape index (κ1) is 17.4. The molecule has 2 amide bonds. The third kappa shape index (κ3) is 3.35. The zero-order valence-corrected chi connectivity index (χ0v) is 15.4. The van der Waals surface area contributed by atoms with Gasteiger partial charge in [-0.3, -0.25) is 9.59 Å². The van der Waals surface area contributed by atoms with E-state index in [0.29, 0.717) is 35.1 Å². The lowest BCUT2D eigenvalue weighted by atomic mass is 10.1. The van der Waals surface area contributed by atoms with E-state index in [1.165, 1.54) is 4.52 Å². The largest absolute Gasteiger partial charge is 0.339 e. The highest BCUT2D eigenvalue weighted by atomic mass is 35.5. The predicted octanol–water partition coefficient (Wildman–Crippen LogP) is 2.57. The molecule has 138 valence electrons. The second-order valence-corrected chi connectivity index (χ2v) is 6.81. The topological polar surface area (TPSA) is 92.5 Å². The Hall–Kier alpha value is -3.00. The number of hydrogen-bond donors (Lipinski definition) is 1. The van der Waals surface area contributed by atoms with Gasteiger partial charge in [-0.2, -0.15) is 4.98 Å². The number of carbonyl (C=O) groups is 2. The summed E-state index contributed by atoms with van der Waals surface area (Å²) in [4.78, 5) is 35.4. The van der Waals surface area contributed by atoms with E-state index in [9.17, 15) is 9.59 Å². The van der Waals surface area contributed by atoms with Crippen molar-refractivity contribution in [2.45, 2.75) is 19.8 Å². The van der Waals surface area contributed by atoms with Crippen LogP contribution in [0.2, 0.25) is 5.02 Å². The fourth-order valence-electron chi connectivity index (χ4n) is 3.07. The van der Waals surface area contributed by atoms with Gasteiger partial charge in [-0.15, -0.1) is 5.10 Å². The zero-order valence-electron chi connectivity index (χ0n) is 14.6. The molecule has 8 nitrogen and oxygen atoms in total. The number of likely N-dealkylation sites (tertiary alicyclic amines) is 1. The van der Waals surface area contributed by atoms with Gasteiger partial charge < -0.3 is 10.2 Å². The first-order valence-corrected chi connectivity index (χ1v) is 8.99. The quantitative estimate of drug-likeness (QED) is 0.749. The van der Waals surface area contributed by atoms with Gasteiger partial charge in [-0.1, -0.05) is 11.6 Å². The Labute approximate surface area is 160 Å². The maximum absolute atomic E-state index is 12.8. The highest BCUT2D eigenvalue weighted by Gasteiger charge is 2.24. The van der Waals surface area contributed by atoms with E-state index in [0.717, 1.165) is 18.5 Å². The molecule has 9 heteroatoms. The molecule has 3 aromatic rings. The molecule has 1 aliphatic rings. The Morgan fingerprint density at radius 3 is 2.70 bits per heavy atom. The minimum absolute atomic E-state index is 0.0219. The zero-order chi connectivity index (χ0) is 19.0. The van der Waals surface area contributed by atoms with Crippen molar-refractivity contribution in [2.75, 3.05) is 18.4 Å². The lowest BCUT2D eigenvalue weighted by Gasteiger charge is -2.18. The molecule has 1 aliphatic heterocycles. The van der Waals surface area contributed by atoms with E-state index in [2.05, 4.69) is 20.4 Å². The number of nitrogens with one attached hydrogen (secondary N) is 1. The summed E-state index contributed by atoms with van der Waals surface area (Å²) >= 11 is 6.07. The molecule has 0 saturated carbocycles. The molecular weight excluding hydrogens is 368 g/mol. The molecule has 3 heterocycles. The van der Waals surface area contributed by atoms with Crippen molar-refractivity contribution in [1.82, 2.24) is 24.5 Å². The monoisotopic (exact) mass is 384 g/mol. The number of amides is 2. The average molecular weight is 385 g/mol. The van der Waals surface area contributed by atoms with Gasteiger partial charge in [0.05, 0.1) is 11.3 Å². The normalized spacial score (nSPS) is 13.9. The van der Waals surface area contributed by atoms with Crippen LogP contribution in [0.15, 0.2) is 30.5 Å². The van der Waals surface area contributed by atoms with Crippen molar-refractivity contribution in [3.8, 4) is 0 Å². The van der Waals surface area contributed by atoms with Crippen LogP contribution in [0.5, 0.6) is 0 Å². The van der Waals surface area contributed by atoms with Crippen molar-refractivity contribution >= 4 is 34.9 Å². The summed E-state index contributed by atoms with van der Waals surface area (Å²) in [5.41, 5.74) is 1.55. The molecule has 0 aliphatic carbocycles. The van der Waals surface area contributed by atoms with Crippen molar-refractivity contribution in [1.29, 1.82) is 0 Å². The fourth-order valence-corrected chi connectivity index (χ4v) is 3.25. The summed E-state index contributed by atoms with van der Waals surface area (Å²) in [6, 6.07) is 6.58. The number of hydrogen-bond acceptors (Lipinski definition) is 5. The summed E-state index contributed by atoms with van der Waals surface area (Å²) in [5, 5.41) is 7.35. The second-order valence-electron chi connectivity index (χ2n) is 6.38. The van der Waals surface area contributed by atoms with Crippen molar-refractivity contribution < 1.29 is 9.59 Å². The van der Waals surface area contributed by atoms with Gasteiger partial charge in [0.15, 0.2) is 0 Å². The Bertz CT molecular complexity index is 1040. The van der Waals surface area contributed by atoms with Gasteiger partial charge in [-0.05, 0) is 44.0 Å². The lowest BCUT2D eigenvalue weighted by molar-refractivity contribution is 0.0794. The van der Waals surface area contributed by atoms with E-state index in [-0.39, 0.29) is 11.7 Å². The van der Waals surface area contributed by atoms with Gasteiger partial charge >= 0.3 is 0 Å². The number of benzene rings is 1. The summed E-state index contributed by atoms with van der Waals surface area (Å²) in [6.45, 7) is 3.26. The Morgan fingerprint density at radius 1 is 1.19 bits per heavy atom. The van der Waals surface area contributed by atoms with Crippen molar-refractivity contribution in [3.63, 3.8) is 0 Å². The molecule has 4 rings (SSSR count). The van der Waals surface area contributed by atoms with E-state index in [1.54, 1.807) is 35.4 Å². The molecule has 1 aromatic carbocycles. The minimum Gasteiger partial charge on any atom is -0.339 e. The standard InChI is InChI=1S/C18H17ClN6O2/c1-11-6-7-20-18-22-15(23-25(11)18)16(26)21-14-5-4-12(19)10-13(14)17(27)24-8-2-3-9-24/h4-7,10H,2-3,8-9H2,1H3,(H,21,26). The smallest absolute Gasteiger partial charge is 0.295 e. The Kier molecular flexibility index (Phi) is 4.49. The lowest BCUT2D eigenvalue weighted by Crippen LogP contribution is -2.29. The Balaban J connectivity index is 1.64. The van der Waals surface area contributed by atoms with Crippen LogP contribution >= 0.6 is 11.6 Å². The van der Waals surface area contributed by atoms with E-state index in [1.807, 2.05) is 6.92 Å². The number of carbonyl (C=O) groups excluding carboxylic acids is 2. The molecular formula is C18H17ClN6O2. The molecule has 1 N–H and O–H groups in total. The molecule has 0 unspecified atom stereocenters. The maximum Gasteiger partial charge on any atom is 0.295 e. The van der Waals surface area contributed by atoms with Crippen molar-refractivity contribution in [2.24, 2.45) is 0 Å². The predicted molar refractivity (Wildman–Crippen MR) is 100 cm³/mol. The summed E-state index contributed by atoms with van der Waals surface area (Å²) < 4.78 is 1.49. The van der Waals surface area contributed by atoms with E-state index < -0.39 is 5.91 Å². The average Bonchev–Trinajstić information content (AvgIpc) is 3.33. The first-order valence-electron chi connectivity index (χ1n) is 8.61. The molecule has 1 saturated heterocycles. The maximum atomic E-state index is 12.8. The van der Waals surface area contributed by atoms with Crippen LogP contribution in [-0.4, -0.2) is 49.4 Å². The van der Waals surface area contributed by atoms with E-state index >= 15 is 0 Å². The van der Waals surface area contributed by atoms with Crippen LogP contribution in [0.25, 0.3) is 5.78 Å². The highest BCUT2D eigenvalue weighted by Crippen LogP contribution is 2.24. The third-order valence-corrected chi connectivity index (χ3v) is 4.72. The number of fused-ring (bicyclic) bond motifs is 1. The van der Waals surface area contributed by atoms with Crippen LogP contribution in [0.4, 0.5) is 5.69 Å². The van der Waals surface area contributed by atoms with Gasteiger partial charge in [0.2, 0.25) is 5.82 Å². The fraction of sp³-hybridized carbons (Fsp3) is 0.278. The molecule has 0 spiro atoms. The summed E-state index contributed by atoms with van der Waals surface area (Å²) in [7, 11) is 0. The van der Waals surface area contributed by atoms with Gasteiger partial charge in [0.25, 0.3) is 17.6 Å². The van der Waals surface area contributed by atoms with E-state index in [4.69, 9.17) is 11.6 Å². The number of anilines is 1. The Morgan fingerprint density at radius 2 is 1.96 bits per heavy atom. The number of aryl methyl sites for hydroxylation is 1. The minimum atomic E-state index is -0.516. The number of aromatic nitrogens is 4. The number of rotatable bonds is 3. The molecule has 0 radical (unpaired) electrons. The van der Waals surface area contributed by atoms with Gasteiger partial charge in [0.1, 0.15) is 0 Å². The summed E-state index contributed by atoms with van der Waals surface area (Å²) in [6.07, 6.45) is 3.56.